The third-order valence-electron chi connectivity index (χ3n) is 2.98. The molecule has 2 aromatic rings. The number of nitrogens with zero attached hydrogens (tertiary/aromatic N) is 1. The molecule has 5 nitrogen and oxygen atoms in total. The number of ether oxygens (including phenoxy) is 1. The minimum Gasteiger partial charge on any atom is -0.481 e. The predicted molar refractivity (Wildman–Crippen MR) is 76.7 cm³/mol. The molecule has 8 heteroatoms. The molecule has 1 N–H and O–H groups in total. The fraction of sp³-hybridized carbons (Fsp3) is 0.200. The predicted octanol–water partition coefficient (Wildman–Crippen LogP) is 1.87. The van der Waals surface area contributed by atoms with Crippen LogP contribution in [0.15, 0.2) is 33.9 Å². The van der Waals surface area contributed by atoms with E-state index in [-0.39, 0.29) is 12.3 Å². The summed E-state index contributed by atoms with van der Waals surface area (Å²) in [6.07, 6.45) is 0.276. The molecule has 0 fully saturated rings. The lowest BCUT2D eigenvalue weighted by molar-refractivity contribution is -0.141. The summed E-state index contributed by atoms with van der Waals surface area (Å²) in [5.74, 6) is 2.59. The van der Waals surface area contributed by atoms with Crippen molar-refractivity contribution in [2.45, 2.75) is 13.1 Å². The van der Waals surface area contributed by atoms with Gasteiger partial charge < -0.3 is 9.72 Å². The van der Waals surface area contributed by atoms with Gasteiger partial charge in [-0.05, 0) is 18.6 Å². The van der Waals surface area contributed by atoms with Crippen LogP contribution in [0.5, 0.6) is 5.75 Å². The molecule has 23 heavy (non-hydrogen) atoms. The molecule has 0 spiro atoms. The van der Waals surface area contributed by atoms with Crippen LogP contribution in [-0.2, 0) is 6.18 Å². The SMILES string of the molecule is C#CCOc1cc(-n2c(=O)cc(C(F)(F)F)[nH]c2=O)ccc1C. The van der Waals surface area contributed by atoms with Gasteiger partial charge in [0.25, 0.3) is 5.56 Å². The van der Waals surface area contributed by atoms with Crippen molar-refractivity contribution in [2.24, 2.45) is 0 Å². The maximum atomic E-state index is 12.6. The lowest BCUT2D eigenvalue weighted by Crippen LogP contribution is -2.35. The van der Waals surface area contributed by atoms with Gasteiger partial charge in [0.1, 0.15) is 18.1 Å². The Hall–Kier alpha value is -2.95. The Morgan fingerprint density at radius 3 is 2.57 bits per heavy atom. The van der Waals surface area contributed by atoms with Crippen LogP contribution in [0.1, 0.15) is 11.3 Å². The monoisotopic (exact) mass is 324 g/mol. The van der Waals surface area contributed by atoms with E-state index in [2.05, 4.69) is 5.92 Å². The molecule has 0 radical (unpaired) electrons. The normalized spacial score (nSPS) is 11.1. The van der Waals surface area contributed by atoms with Crippen LogP contribution in [0.25, 0.3) is 5.69 Å². The fourth-order valence-corrected chi connectivity index (χ4v) is 1.90. The minimum absolute atomic E-state index is 0.0252. The highest BCUT2D eigenvalue weighted by molar-refractivity contribution is 5.44. The Balaban J connectivity index is 2.58. The molecular formula is C15H11F3N2O3. The van der Waals surface area contributed by atoms with Gasteiger partial charge >= 0.3 is 11.9 Å². The van der Waals surface area contributed by atoms with Gasteiger partial charge in [-0.3, -0.25) is 4.79 Å². The molecule has 0 saturated heterocycles. The summed E-state index contributed by atoms with van der Waals surface area (Å²) in [7, 11) is 0. The van der Waals surface area contributed by atoms with Crippen molar-refractivity contribution < 1.29 is 17.9 Å². The number of hydrogen-bond donors (Lipinski definition) is 1. The largest absolute Gasteiger partial charge is 0.481 e. The molecule has 0 amide bonds. The summed E-state index contributed by atoms with van der Waals surface area (Å²) in [6.45, 7) is 1.69. The Labute approximate surface area is 128 Å². The van der Waals surface area contributed by atoms with E-state index in [9.17, 15) is 22.8 Å². The van der Waals surface area contributed by atoms with Crippen LogP contribution in [0, 0.1) is 19.3 Å². The Morgan fingerprint density at radius 1 is 1.30 bits per heavy atom. The van der Waals surface area contributed by atoms with Crippen molar-refractivity contribution >= 4 is 0 Å². The second kappa shape index (κ2) is 6.04. The van der Waals surface area contributed by atoms with Gasteiger partial charge in [0.05, 0.1) is 5.69 Å². The number of nitrogens with one attached hydrogen (secondary N) is 1. The van der Waals surface area contributed by atoms with Gasteiger partial charge in [0.15, 0.2) is 0 Å². The number of rotatable bonds is 3. The number of H-pyrrole nitrogens is 1. The maximum Gasteiger partial charge on any atom is 0.431 e. The van der Waals surface area contributed by atoms with Crippen LogP contribution in [-0.4, -0.2) is 16.2 Å². The van der Waals surface area contributed by atoms with Crippen molar-refractivity contribution in [3.05, 3.63) is 56.4 Å². The summed E-state index contributed by atoms with van der Waals surface area (Å²) < 4.78 is 43.6. The van der Waals surface area contributed by atoms with E-state index >= 15 is 0 Å². The Bertz CT molecular complexity index is 857. The highest BCUT2D eigenvalue weighted by atomic mass is 19.4. The zero-order chi connectivity index (χ0) is 17.2. The molecule has 0 saturated carbocycles. The smallest absolute Gasteiger partial charge is 0.431 e. The molecule has 0 bridgehead atoms. The zero-order valence-electron chi connectivity index (χ0n) is 11.9. The summed E-state index contributed by atoms with van der Waals surface area (Å²) in [4.78, 5) is 25.4. The van der Waals surface area contributed by atoms with Crippen molar-refractivity contribution in [3.8, 4) is 23.8 Å². The minimum atomic E-state index is -4.81. The summed E-state index contributed by atoms with van der Waals surface area (Å²) >= 11 is 0. The molecular weight excluding hydrogens is 313 g/mol. The highest BCUT2D eigenvalue weighted by Crippen LogP contribution is 2.26. The molecule has 0 aliphatic heterocycles. The Kier molecular flexibility index (Phi) is 4.31. The van der Waals surface area contributed by atoms with E-state index in [1.54, 1.807) is 18.0 Å². The van der Waals surface area contributed by atoms with Crippen LogP contribution >= 0.6 is 0 Å². The van der Waals surface area contributed by atoms with Crippen molar-refractivity contribution in [3.63, 3.8) is 0 Å². The van der Waals surface area contributed by atoms with Gasteiger partial charge in [0.2, 0.25) is 0 Å². The average molecular weight is 324 g/mol. The van der Waals surface area contributed by atoms with E-state index in [1.165, 1.54) is 12.1 Å². The Morgan fingerprint density at radius 2 is 2.00 bits per heavy atom. The number of aromatic amines is 1. The third kappa shape index (κ3) is 3.45. The zero-order valence-corrected chi connectivity index (χ0v) is 11.9. The van der Waals surface area contributed by atoms with E-state index in [0.717, 1.165) is 0 Å². The molecule has 120 valence electrons. The third-order valence-corrected chi connectivity index (χ3v) is 2.98. The average Bonchev–Trinajstić information content (AvgIpc) is 2.45. The highest BCUT2D eigenvalue weighted by Gasteiger charge is 2.33. The molecule has 1 aromatic heterocycles. The van der Waals surface area contributed by atoms with E-state index in [0.29, 0.717) is 21.9 Å². The number of aryl methyl sites for hydroxylation is 1. The lowest BCUT2D eigenvalue weighted by atomic mass is 10.2. The maximum absolute atomic E-state index is 12.6. The quantitative estimate of drug-likeness (QED) is 0.877. The molecule has 0 aliphatic carbocycles. The van der Waals surface area contributed by atoms with Crippen molar-refractivity contribution in [1.82, 2.24) is 9.55 Å². The van der Waals surface area contributed by atoms with Crippen LogP contribution in [0.4, 0.5) is 13.2 Å². The number of hydrogen-bond acceptors (Lipinski definition) is 3. The molecule has 0 aliphatic rings. The van der Waals surface area contributed by atoms with Crippen molar-refractivity contribution in [2.75, 3.05) is 6.61 Å². The number of aromatic nitrogens is 2. The number of halogens is 3. The van der Waals surface area contributed by atoms with Crippen molar-refractivity contribution in [1.29, 1.82) is 0 Å². The molecule has 0 unspecified atom stereocenters. The summed E-state index contributed by atoms with van der Waals surface area (Å²) in [6, 6.07) is 4.66. The molecule has 1 aromatic carbocycles. The van der Waals surface area contributed by atoms with Gasteiger partial charge in [-0.2, -0.15) is 13.2 Å². The lowest BCUT2D eigenvalue weighted by Gasteiger charge is -2.11. The molecule has 0 atom stereocenters. The first-order valence-electron chi connectivity index (χ1n) is 6.35. The van der Waals surface area contributed by atoms with Crippen LogP contribution in [0.3, 0.4) is 0 Å². The van der Waals surface area contributed by atoms with E-state index in [4.69, 9.17) is 11.2 Å². The topological polar surface area (TPSA) is 64.1 Å². The van der Waals surface area contributed by atoms with Gasteiger partial charge in [-0.25, -0.2) is 9.36 Å². The number of terminal acetylenes is 1. The first-order valence-corrected chi connectivity index (χ1v) is 6.35. The second-order valence-electron chi connectivity index (χ2n) is 4.60. The first kappa shape index (κ1) is 16.4. The first-order chi connectivity index (χ1) is 10.7. The molecule has 2 rings (SSSR count). The summed E-state index contributed by atoms with van der Waals surface area (Å²) in [5, 5.41) is 0. The van der Waals surface area contributed by atoms with Crippen LogP contribution < -0.4 is 16.0 Å². The summed E-state index contributed by atoms with van der Waals surface area (Å²) in [5.41, 5.74) is -2.94. The molecule has 1 heterocycles. The second-order valence-corrected chi connectivity index (χ2v) is 4.60. The fourth-order valence-electron chi connectivity index (χ4n) is 1.90. The number of benzene rings is 1. The van der Waals surface area contributed by atoms with Gasteiger partial charge in [-0.15, -0.1) is 6.42 Å². The number of alkyl halides is 3. The van der Waals surface area contributed by atoms with E-state index < -0.39 is 23.1 Å². The van der Waals surface area contributed by atoms with Crippen LogP contribution in [0.2, 0.25) is 0 Å². The standard InChI is InChI=1S/C15H11F3N2O3/c1-3-6-23-11-7-10(5-4-9(11)2)20-13(21)8-12(15(16,17)18)19-14(20)22/h1,4-5,7-8H,6H2,2H3,(H,19,22). The van der Waals surface area contributed by atoms with E-state index in [1.807, 2.05) is 0 Å². The van der Waals surface area contributed by atoms with Gasteiger partial charge in [-0.1, -0.05) is 12.0 Å². The van der Waals surface area contributed by atoms with Gasteiger partial charge in [0, 0.05) is 12.1 Å².